The number of benzene rings is 2. The van der Waals surface area contributed by atoms with E-state index in [0.29, 0.717) is 6.54 Å². The van der Waals surface area contributed by atoms with E-state index in [2.05, 4.69) is 16.0 Å². The molecule has 2 aromatic carbocycles. The lowest BCUT2D eigenvalue weighted by atomic mass is 9.88. The van der Waals surface area contributed by atoms with Gasteiger partial charge in [0.25, 0.3) is 0 Å². The molecule has 1 heterocycles. The highest BCUT2D eigenvalue weighted by Gasteiger charge is 2.25. The quantitative estimate of drug-likeness (QED) is 0.620. The molecule has 0 radical (unpaired) electrons. The monoisotopic (exact) mass is 395 g/mol. The summed E-state index contributed by atoms with van der Waals surface area (Å²) in [5, 5.41) is 3.95. The third kappa shape index (κ3) is 3.93. The van der Waals surface area contributed by atoms with Crippen LogP contribution < -0.4 is 5.32 Å². The number of carbonyl (C=O) groups is 1. The van der Waals surface area contributed by atoms with Gasteiger partial charge in [-0.05, 0) is 43.5 Å². The second-order valence-electron chi connectivity index (χ2n) is 7.70. The highest BCUT2D eigenvalue weighted by molar-refractivity contribution is 6.31. The van der Waals surface area contributed by atoms with E-state index < -0.39 is 0 Å². The van der Waals surface area contributed by atoms with Gasteiger partial charge < -0.3 is 9.88 Å². The van der Waals surface area contributed by atoms with E-state index in [1.807, 2.05) is 49.4 Å². The van der Waals surface area contributed by atoms with Crippen LogP contribution in [-0.2, 0) is 11.3 Å². The second-order valence-corrected chi connectivity index (χ2v) is 8.11. The highest BCUT2D eigenvalue weighted by atomic mass is 35.5. The fraction of sp³-hybridized carbons (Fsp3) is 0.391. The summed E-state index contributed by atoms with van der Waals surface area (Å²) in [7, 11) is 0. The number of hydrogen-bond donors (Lipinski definition) is 1. The predicted octanol–water partition coefficient (Wildman–Crippen LogP) is 5.50. The minimum Gasteiger partial charge on any atom is -0.346 e. The van der Waals surface area contributed by atoms with Crippen LogP contribution in [0.4, 0.5) is 0 Å². The number of fused-ring (bicyclic) bond motifs is 1. The van der Waals surface area contributed by atoms with Crippen LogP contribution in [0.15, 0.2) is 48.5 Å². The van der Waals surface area contributed by atoms with Gasteiger partial charge in [0.2, 0.25) is 5.91 Å². The SMILES string of the molecule is CC(NC(=O)C1CCCCC1)c1nc2ccccc2n1Cc1ccccc1Cl. The number of rotatable bonds is 5. The molecule has 1 unspecified atom stereocenters. The van der Waals surface area contributed by atoms with Crippen LogP contribution >= 0.6 is 11.6 Å². The normalized spacial score (nSPS) is 16.2. The number of imidazole rings is 1. The van der Waals surface area contributed by atoms with Crippen LogP contribution in [0, 0.1) is 5.92 Å². The Labute approximate surface area is 170 Å². The maximum absolute atomic E-state index is 12.8. The Hall–Kier alpha value is -2.33. The number of nitrogens with zero attached hydrogens (tertiary/aromatic N) is 2. The van der Waals surface area contributed by atoms with Crippen molar-refractivity contribution in [3.05, 3.63) is 64.9 Å². The van der Waals surface area contributed by atoms with E-state index in [4.69, 9.17) is 16.6 Å². The fourth-order valence-corrected chi connectivity index (χ4v) is 4.34. The molecular weight excluding hydrogens is 370 g/mol. The summed E-state index contributed by atoms with van der Waals surface area (Å²) in [6.45, 7) is 2.64. The van der Waals surface area contributed by atoms with Crippen LogP contribution in [0.2, 0.25) is 5.02 Å². The summed E-state index contributed by atoms with van der Waals surface area (Å²) < 4.78 is 2.17. The Bertz CT molecular complexity index is 975. The molecule has 28 heavy (non-hydrogen) atoms. The third-order valence-electron chi connectivity index (χ3n) is 5.69. The molecule has 4 rings (SSSR count). The van der Waals surface area contributed by atoms with Crippen molar-refractivity contribution in [1.29, 1.82) is 0 Å². The van der Waals surface area contributed by atoms with Gasteiger partial charge in [-0.25, -0.2) is 4.98 Å². The molecule has 1 amide bonds. The molecule has 1 aliphatic rings. The lowest BCUT2D eigenvalue weighted by Crippen LogP contribution is -2.35. The van der Waals surface area contributed by atoms with Crippen molar-refractivity contribution in [2.45, 2.75) is 51.6 Å². The number of nitrogens with one attached hydrogen (secondary N) is 1. The number of amides is 1. The maximum atomic E-state index is 12.8. The Balaban J connectivity index is 1.64. The molecule has 1 fully saturated rings. The first-order chi connectivity index (χ1) is 13.6. The van der Waals surface area contributed by atoms with Crippen molar-refractivity contribution < 1.29 is 4.79 Å². The molecule has 0 spiro atoms. The summed E-state index contributed by atoms with van der Waals surface area (Å²) in [6, 6.07) is 15.8. The van der Waals surface area contributed by atoms with Crippen LogP contribution in [-0.4, -0.2) is 15.5 Å². The van der Waals surface area contributed by atoms with Crippen molar-refractivity contribution in [2.24, 2.45) is 5.92 Å². The molecule has 1 aliphatic carbocycles. The molecule has 4 nitrogen and oxygen atoms in total. The number of para-hydroxylation sites is 2. The summed E-state index contributed by atoms with van der Waals surface area (Å²) in [5.41, 5.74) is 3.03. The summed E-state index contributed by atoms with van der Waals surface area (Å²) in [5.74, 6) is 1.16. The van der Waals surface area contributed by atoms with Crippen molar-refractivity contribution >= 4 is 28.5 Å². The van der Waals surface area contributed by atoms with E-state index in [-0.39, 0.29) is 17.9 Å². The van der Waals surface area contributed by atoms with Gasteiger partial charge in [0.15, 0.2) is 0 Å². The van der Waals surface area contributed by atoms with Gasteiger partial charge in [0.05, 0.1) is 23.6 Å². The zero-order valence-electron chi connectivity index (χ0n) is 16.2. The topological polar surface area (TPSA) is 46.9 Å². The first kappa shape index (κ1) is 19.0. The van der Waals surface area contributed by atoms with Gasteiger partial charge >= 0.3 is 0 Å². The Morgan fingerprint density at radius 1 is 1.14 bits per heavy atom. The molecule has 5 heteroatoms. The Kier molecular flexibility index (Phi) is 5.67. The molecule has 146 valence electrons. The molecule has 1 aromatic heterocycles. The lowest BCUT2D eigenvalue weighted by Gasteiger charge is -2.23. The van der Waals surface area contributed by atoms with Crippen LogP contribution in [0.5, 0.6) is 0 Å². The van der Waals surface area contributed by atoms with Crippen molar-refractivity contribution in [1.82, 2.24) is 14.9 Å². The molecule has 1 N–H and O–H groups in total. The van der Waals surface area contributed by atoms with E-state index in [9.17, 15) is 4.79 Å². The Morgan fingerprint density at radius 3 is 2.64 bits per heavy atom. The molecule has 3 aromatic rings. The standard InChI is InChI=1S/C23H26ClN3O/c1-16(25-23(28)17-9-3-2-4-10-17)22-26-20-13-7-8-14-21(20)27(22)15-18-11-5-6-12-19(18)24/h5-8,11-14,16-17H,2-4,9-10,15H2,1H3,(H,25,28). The van der Waals surface area contributed by atoms with Crippen molar-refractivity contribution in [3.63, 3.8) is 0 Å². The Morgan fingerprint density at radius 2 is 1.86 bits per heavy atom. The van der Waals surface area contributed by atoms with Crippen molar-refractivity contribution in [2.75, 3.05) is 0 Å². The zero-order valence-corrected chi connectivity index (χ0v) is 17.0. The lowest BCUT2D eigenvalue weighted by molar-refractivity contribution is -0.126. The molecule has 1 atom stereocenters. The van der Waals surface area contributed by atoms with E-state index in [1.165, 1.54) is 6.42 Å². The molecule has 0 saturated heterocycles. The van der Waals surface area contributed by atoms with Crippen molar-refractivity contribution in [3.8, 4) is 0 Å². The minimum atomic E-state index is -0.163. The summed E-state index contributed by atoms with van der Waals surface area (Å²) >= 11 is 6.41. The average molecular weight is 396 g/mol. The number of carbonyl (C=O) groups excluding carboxylic acids is 1. The molecule has 0 bridgehead atoms. The number of hydrogen-bond acceptors (Lipinski definition) is 2. The average Bonchev–Trinajstić information content (AvgIpc) is 3.09. The zero-order chi connectivity index (χ0) is 19.5. The van der Waals surface area contributed by atoms with Crippen LogP contribution in [0.25, 0.3) is 11.0 Å². The van der Waals surface area contributed by atoms with Crippen LogP contribution in [0.1, 0.15) is 56.5 Å². The van der Waals surface area contributed by atoms with Gasteiger partial charge in [0, 0.05) is 10.9 Å². The third-order valence-corrected chi connectivity index (χ3v) is 6.06. The summed E-state index contributed by atoms with van der Waals surface area (Å²) in [6.07, 6.45) is 5.53. The van der Waals surface area contributed by atoms with Crippen LogP contribution in [0.3, 0.4) is 0 Å². The maximum Gasteiger partial charge on any atom is 0.223 e. The number of aromatic nitrogens is 2. The molecule has 1 saturated carbocycles. The molecule has 0 aliphatic heterocycles. The van der Waals surface area contributed by atoms with E-state index in [0.717, 1.165) is 53.1 Å². The second kappa shape index (κ2) is 8.36. The first-order valence-electron chi connectivity index (χ1n) is 10.1. The van der Waals surface area contributed by atoms with Gasteiger partial charge in [-0.1, -0.05) is 61.2 Å². The summed E-state index contributed by atoms with van der Waals surface area (Å²) in [4.78, 5) is 17.6. The molecular formula is C23H26ClN3O. The highest BCUT2D eigenvalue weighted by Crippen LogP contribution is 2.27. The minimum absolute atomic E-state index is 0.137. The van der Waals surface area contributed by atoms with E-state index >= 15 is 0 Å². The number of halogens is 1. The van der Waals surface area contributed by atoms with Gasteiger partial charge in [0.1, 0.15) is 5.82 Å². The smallest absolute Gasteiger partial charge is 0.223 e. The van der Waals surface area contributed by atoms with Gasteiger partial charge in [-0.2, -0.15) is 0 Å². The largest absolute Gasteiger partial charge is 0.346 e. The van der Waals surface area contributed by atoms with Gasteiger partial charge in [-0.15, -0.1) is 0 Å². The fourth-order valence-electron chi connectivity index (χ4n) is 4.15. The van der Waals surface area contributed by atoms with E-state index in [1.54, 1.807) is 0 Å². The predicted molar refractivity (Wildman–Crippen MR) is 113 cm³/mol. The van der Waals surface area contributed by atoms with Gasteiger partial charge in [-0.3, -0.25) is 4.79 Å². The first-order valence-corrected chi connectivity index (χ1v) is 10.5.